The Bertz CT molecular complexity index is 345. The van der Waals surface area contributed by atoms with Crippen molar-refractivity contribution in [2.75, 3.05) is 13.1 Å². The topological polar surface area (TPSA) is 12.0 Å². The number of rotatable bonds is 2. The highest BCUT2D eigenvalue weighted by Crippen LogP contribution is 2.37. The molecule has 3 heteroatoms. The second-order valence-electron chi connectivity index (χ2n) is 4.28. The Hall–Kier alpha value is -0.600. The fourth-order valence-electron chi connectivity index (χ4n) is 2.15. The van der Waals surface area contributed by atoms with Crippen molar-refractivity contribution in [3.8, 4) is 0 Å². The predicted molar refractivity (Wildman–Crippen MR) is 60.9 cm³/mol. The molecule has 2 rings (SSSR count). The maximum absolute atomic E-state index is 14.6. The first-order valence-electron chi connectivity index (χ1n) is 5.26. The smallest absolute Gasteiger partial charge is 0.137 e. The minimum absolute atomic E-state index is 0.0518. The van der Waals surface area contributed by atoms with E-state index >= 15 is 0 Å². The van der Waals surface area contributed by atoms with E-state index in [0.717, 1.165) is 19.5 Å². The van der Waals surface area contributed by atoms with E-state index in [1.54, 1.807) is 25.1 Å². The summed E-state index contributed by atoms with van der Waals surface area (Å²) in [5.74, 6) is 0.0518. The van der Waals surface area contributed by atoms with Crippen LogP contribution in [-0.2, 0) is 5.67 Å². The molecule has 1 heterocycles. The van der Waals surface area contributed by atoms with E-state index in [-0.39, 0.29) is 5.92 Å². The van der Waals surface area contributed by atoms with Gasteiger partial charge >= 0.3 is 0 Å². The Morgan fingerprint density at radius 3 is 2.93 bits per heavy atom. The molecule has 0 radical (unpaired) electrons. The molecule has 1 aromatic carbocycles. The Labute approximate surface area is 94.6 Å². The standard InChI is InChI=1S/C12H15ClFN/c1-12(14,10-5-6-15-8-10)9-3-2-4-11(13)7-9/h2-4,7,10,15H,5-6,8H2,1H3. The second kappa shape index (κ2) is 4.11. The first-order valence-corrected chi connectivity index (χ1v) is 5.64. The normalized spacial score (nSPS) is 25.1. The van der Waals surface area contributed by atoms with Crippen LogP contribution < -0.4 is 5.32 Å². The zero-order valence-electron chi connectivity index (χ0n) is 8.76. The molecule has 1 nitrogen and oxygen atoms in total. The first kappa shape index (κ1) is 10.9. The third kappa shape index (κ3) is 2.16. The summed E-state index contributed by atoms with van der Waals surface area (Å²) in [7, 11) is 0. The van der Waals surface area contributed by atoms with E-state index < -0.39 is 5.67 Å². The van der Waals surface area contributed by atoms with Crippen LogP contribution in [0.1, 0.15) is 18.9 Å². The van der Waals surface area contributed by atoms with Crippen LogP contribution in [0.4, 0.5) is 4.39 Å². The minimum atomic E-state index is -1.28. The molecule has 0 bridgehead atoms. The van der Waals surface area contributed by atoms with Crippen molar-refractivity contribution in [1.82, 2.24) is 5.32 Å². The molecule has 0 aromatic heterocycles. The molecule has 15 heavy (non-hydrogen) atoms. The zero-order valence-corrected chi connectivity index (χ0v) is 9.52. The van der Waals surface area contributed by atoms with E-state index in [1.165, 1.54) is 0 Å². The van der Waals surface area contributed by atoms with Gasteiger partial charge in [0.2, 0.25) is 0 Å². The van der Waals surface area contributed by atoms with Crippen molar-refractivity contribution in [1.29, 1.82) is 0 Å². The van der Waals surface area contributed by atoms with Gasteiger partial charge in [0.15, 0.2) is 0 Å². The zero-order chi connectivity index (χ0) is 10.9. The Kier molecular flexibility index (Phi) is 2.98. The highest BCUT2D eigenvalue weighted by Gasteiger charge is 2.37. The molecule has 1 saturated heterocycles. The summed E-state index contributed by atoms with van der Waals surface area (Å²) in [5.41, 5.74) is -0.599. The lowest BCUT2D eigenvalue weighted by Crippen LogP contribution is -2.28. The van der Waals surface area contributed by atoms with Crippen molar-refractivity contribution in [2.45, 2.75) is 19.0 Å². The Morgan fingerprint density at radius 1 is 1.53 bits per heavy atom. The molecular weight excluding hydrogens is 213 g/mol. The van der Waals surface area contributed by atoms with Gasteiger partial charge < -0.3 is 5.32 Å². The molecule has 2 unspecified atom stereocenters. The third-order valence-electron chi connectivity index (χ3n) is 3.22. The second-order valence-corrected chi connectivity index (χ2v) is 4.71. The van der Waals surface area contributed by atoms with Crippen LogP contribution in [-0.4, -0.2) is 13.1 Å². The highest BCUT2D eigenvalue weighted by atomic mass is 35.5. The highest BCUT2D eigenvalue weighted by molar-refractivity contribution is 6.30. The van der Waals surface area contributed by atoms with Crippen molar-refractivity contribution in [2.24, 2.45) is 5.92 Å². The molecule has 0 amide bonds. The van der Waals surface area contributed by atoms with Gasteiger partial charge in [-0.1, -0.05) is 23.7 Å². The van der Waals surface area contributed by atoms with Crippen LogP contribution in [0, 0.1) is 5.92 Å². The predicted octanol–water partition coefficient (Wildman–Crippen LogP) is 3.13. The first-order chi connectivity index (χ1) is 7.10. The number of hydrogen-bond donors (Lipinski definition) is 1. The van der Waals surface area contributed by atoms with Crippen LogP contribution in [0.3, 0.4) is 0 Å². The number of hydrogen-bond acceptors (Lipinski definition) is 1. The maximum Gasteiger partial charge on any atom is 0.137 e. The van der Waals surface area contributed by atoms with Gasteiger partial charge in [-0.05, 0) is 37.6 Å². The van der Waals surface area contributed by atoms with Crippen molar-refractivity contribution in [3.05, 3.63) is 34.9 Å². The molecule has 1 N–H and O–H groups in total. The average Bonchev–Trinajstić information content (AvgIpc) is 2.71. The lowest BCUT2D eigenvalue weighted by Gasteiger charge is -2.27. The molecule has 1 aliphatic rings. The van der Waals surface area contributed by atoms with Gasteiger partial charge in [-0.3, -0.25) is 0 Å². The number of alkyl halides is 1. The summed E-state index contributed by atoms with van der Waals surface area (Å²) < 4.78 is 14.6. The largest absolute Gasteiger partial charge is 0.316 e. The molecule has 82 valence electrons. The van der Waals surface area contributed by atoms with E-state index in [4.69, 9.17) is 11.6 Å². The lowest BCUT2D eigenvalue weighted by atomic mass is 9.84. The summed E-state index contributed by atoms with van der Waals surface area (Å²) in [5, 5.41) is 3.79. The van der Waals surface area contributed by atoms with Crippen LogP contribution in [0.5, 0.6) is 0 Å². The number of benzene rings is 1. The molecule has 2 atom stereocenters. The number of halogens is 2. The molecule has 1 fully saturated rings. The summed E-state index contributed by atoms with van der Waals surface area (Å²) in [6.45, 7) is 3.31. The lowest BCUT2D eigenvalue weighted by molar-refractivity contribution is 0.112. The third-order valence-corrected chi connectivity index (χ3v) is 3.45. The van der Waals surface area contributed by atoms with Gasteiger partial charge in [0.1, 0.15) is 5.67 Å². The Balaban J connectivity index is 2.27. The Morgan fingerprint density at radius 2 is 2.33 bits per heavy atom. The minimum Gasteiger partial charge on any atom is -0.316 e. The summed E-state index contributed by atoms with van der Waals surface area (Å²) >= 11 is 5.88. The number of nitrogens with one attached hydrogen (secondary N) is 1. The van der Waals surface area contributed by atoms with Gasteiger partial charge in [0.05, 0.1) is 0 Å². The van der Waals surface area contributed by atoms with E-state index in [9.17, 15) is 4.39 Å². The van der Waals surface area contributed by atoms with Crippen LogP contribution in [0.15, 0.2) is 24.3 Å². The van der Waals surface area contributed by atoms with Gasteiger partial charge in [-0.2, -0.15) is 0 Å². The summed E-state index contributed by atoms with van der Waals surface area (Å²) in [6.07, 6.45) is 0.888. The molecule has 1 aromatic rings. The van der Waals surface area contributed by atoms with Gasteiger partial charge in [0, 0.05) is 17.5 Å². The van der Waals surface area contributed by atoms with Crippen LogP contribution in [0.2, 0.25) is 5.02 Å². The van der Waals surface area contributed by atoms with E-state index in [0.29, 0.717) is 10.6 Å². The molecule has 0 aliphatic carbocycles. The van der Waals surface area contributed by atoms with Crippen molar-refractivity contribution >= 4 is 11.6 Å². The van der Waals surface area contributed by atoms with Gasteiger partial charge in [-0.25, -0.2) is 4.39 Å². The molecule has 0 saturated carbocycles. The van der Waals surface area contributed by atoms with Gasteiger partial charge in [0.25, 0.3) is 0 Å². The SMILES string of the molecule is CC(F)(c1cccc(Cl)c1)C1CCNC1. The van der Waals surface area contributed by atoms with Crippen molar-refractivity contribution < 1.29 is 4.39 Å². The van der Waals surface area contributed by atoms with Crippen molar-refractivity contribution in [3.63, 3.8) is 0 Å². The molecule has 0 spiro atoms. The van der Waals surface area contributed by atoms with E-state index in [1.807, 2.05) is 6.07 Å². The average molecular weight is 228 g/mol. The van der Waals surface area contributed by atoms with E-state index in [2.05, 4.69) is 5.32 Å². The maximum atomic E-state index is 14.6. The monoisotopic (exact) mass is 227 g/mol. The fourth-order valence-corrected chi connectivity index (χ4v) is 2.34. The van der Waals surface area contributed by atoms with Crippen LogP contribution >= 0.6 is 11.6 Å². The van der Waals surface area contributed by atoms with Crippen LogP contribution in [0.25, 0.3) is 0 Å². The van der Waals surface area contributed by atoms with Gasteiger partial charge in [-0.15, -0.1) is 0 Å². The quantitative estimate of drug-likeness (QED) is 0.819. The summed E-state index contributed by atoms with van der Waals surface area (Å²) in [4.78, 5) is 0. The fraction of sp³-hybridized carbons (Fsp3) is 0.500. The molecular formula is C12H15ClFN. The molecule has 1 aliphatic heterocycles. The summed E-state index contributed by atoms with van der Waals surface area (Å²) in [6, 6.07) is 7.11.